The zero-order chi connectivity index (χ0) is 15.7. The lowest BCUT2D eigenvalue weighted by Gasteiger charge is -2.14. The molecular formula is C16H22O5. The quantitative estimate of drug-likeness (QED) is 0.690. The first-order valence-corrected chi connectivity index (χ1v) is 7.21. The summed E-state index contributed by atoms with van der Waals surface area (Å²) in [5.41, 5.74) is 1.19. The zero-order valence-electron chi connectivity index (χ0n) is 12.8. The van der Waals surface area contributed by atoms with Crippen LogP contribution in [0.5, 0.6) is 5.75 Å². The van der Waals surface area contributed by atoms with Crippen LogP contribution in [-0.4, -0.2) is 31.8 Å². The van der Waals surface area contributed by atoms with Crippen molar-refractivity contribution >= 4 is 11.9 Å². The number of aryl methyl sites for hydroxylation is 1. The summed E-state index contributed by atoms with van der Waals surface area (Å²) in [6.45, 7) is 6.46. The highest BCUT2D eigenvalue weighted by atomic mass is 16.5. The highest BCUT2D eigenvalue weighted by Crippen LogP contribution is 2.26. The molecule has 0 atom stereocenters. The van der Waals surface area contributed by atoms with Gasteiger partial charge in [0.2, 0.25) is 0 Å². The number of benzene rings is 1. The highest BCUT2D eigenvalue weighted by Gasteiger charge is 2.17. The maximum Gasteiger partial charge on any atom is 0.341 e. The largest absolute Gasteiger partial charge is 0.493 e. The lowest BCUT2D eigenvalue weighted by atomic mass is 10.0. The van der Waals surface area contributed by atoms with Gasteiger partial charge in [0, 0.05) is 6.42 Å². The molecule has 0 aliphatic carbocycles. The van der Waals surface area contributed by atoms with E-state index >= 15 is 0 Å². The number of para-hydroxylation sites is 1. The summed E-state index contributed by atoms with van der Waals surface area (Å²) in [5.74, 6) is -0.192. The Bertz CT molecular complexity index is 482. The fourth-order valence-corrected chi connectivity index (χ4v) is 1.94. The van der Waals surface area contributed by atoms with Gasteiger partial charge in [0.05, 0.1) is 19.8 Å². The Morgan fingerprint density at radius 3 is 2.33 bits per heavy atom. The van der Waals surface area contributed by atoms with Crippen molar-refractivity contribution in [2.24, 2.45) is 0 Å². The van der Waals surface area contributed by atoms with Gasteiger partial charge in [0.1, 0.15) is 11.3 Å². The molecule has 116 valence electrons. The van der Waals surface area contributed by atoms with E-state index < -0.39 is 5.97 Å². The second-order valence-electron chi connectivity index (χ2n) is 4.25. The van der Waals surface area contributed by atoms with Crippen molar-refractivity contribution in [3.05, 3.63) is 29.3 Å². The molecule has 0 spiro atoms. The molecule has 0 saturated heterocycles. The Kier molecular flexibility index (Phi) is 7.29. The molecule has 1 aromatic carbocycles. The van der Waals surface area contributed by atoms with E-state index in [0.29, 0.717) is 37.6 Å². The van der Waals surface area contributed by atoms with Gasteiger partial charge in [-0.25, -0.2) is 4.79 Å². The van der Waals surface area contributed by atoms with E-state index in [1.807, 2.05) is 13.0 Å². The van der Waals surface area contributed by atoms with Crippen LogP contribution in [0.1, 0.15) is 43.1 Å². The van der Waals surface area contributed by atoms with Gasteiger partial charge in [0.15, 0.2) is 0 Å². The molecule has 5 nitrogen and oxygen atoms in total. The Morgan fingerprint density at radius 1 is 1.00 bits per heavy atom. The Hall–Kier alpha value is -2.04. The Balaban J connectivity index is 2.94. The van der Waals surface area contributed by atoms with Gasteiger partial charge in [0.25, 0.3) is 0 Å². The third kappa shape index (κ3) is 5.10. The summed E-state index contributed by atoms with van der Waals surface area (Å²) >= 11 is 0. The standard InChI is InChI=1S/C16H22O5/c1-4-19-14(17)11-10-12-8-7-9-13(15(12)20-5-2)16(18)21-6-3/h7-9H,4-6,10-11H2,1-3H3. The molecule has 0 amide bonds. The third-order valence-corrected chi connectivity index (χ3v) is 2.78. The molecular weight excluding hydrogens is 272 g/mol. The van der Waals surface area contributed by atoms with Crippen molar-refractivity contribution in [2.75, 3.05) is 19.8 Å². The minimum absolute atomic E-state index is 0.250. The number of carbonyl (C=O) groups is 2. The van der Waals surface area contributed by atoms with Crippen LogP contribution in [0.2, 0.25) is 0 Å². The van der Waals surface area contributed by atoms with Crippen LogP contribution in [0.15, 0.2) is 18.2 Å². The van der Waals surface area contributed by atoms with E-state index in [9.17, 15) is 9.59 Å². The van der Waals surface area contributed by atoms with Gasteiger partial charge < -0.3 is 14.2 Å². The summed E-state index contributed by atoms with van der Waals surface area (Å²) in [6, 6.07) is 5.26. The second-order valence-corrected chi connectivity index (χ2v) is 4.25. The lowest BCUT2D eigenvalue weighted by molar-refractivity contribution is -0.143. The smallest absolute Gasteiger partial charge is 0.341 e. The SMILES string of the molecule is CCOC(=O)CCc1cccc(C(=O)OCC)c1OCC. The van der Waals surface area contributed by atoms with E-state index in [1.54, 1.807) is 26.0 Å². The topological polar surface area (TPSA) is 61.8 Å². The maximum atomic E-state index is 11.9. The highest BCUT2D eigenvalue weighted by molar-refractivity contribution is 5.93. The van der Waals surface area contributed by atoms with Crippen molar-refractivity contribution in [1.82, 2.24) is 0 Å². The van der Waals surface area contributed by atoms with Gasteiger partial charge in [-0.3, -0.25) is 4.79 Å². The van der Waals surface area contributed by atoms with Crippen LogP contribution in [0.3, 0.4) is 0 Å². The average molecular weight is 294 g/mol. The van der Waals surface area contributed by atoms with Crippen molar-refractivity contribution in [2.45, 2.75) is 33.6 Å². The summed E-state index contributed by atoms with van der Waals surface area (Å²) in [5, 5.41) is 0. The number of esters is 2. The lowest BCUT2D eigenvalue weighted by Crippen LogP contribution is -2.11. The molecule has 0 unspecified atom stereocenters. The summed E-state index contributed by atoms with van der Waals surface area (Å²) < 4.78 is 15.5. The molecule has 0 N–H and O–H groups in total. The molecule has 1 rings (SSSR count). The maximum absolute atomic E-state index is 11.9. The number of rotatable bonds is 8. The van der Waals surface area contributed by atoms with E-state index in [2.05, 4.69) is 0 Å². The first-order valence-electron chi connectivity index (χ1n) is 7.21. The molecule has 5 heteroatoms. The van der Waals surface area contributed by atoms with Crippen LogP contribution in [0.25, 0.3) is 0 Å². The minimum Gasteiger partial charge on any atom is -0.493 e. The molecule has 0 aliphatic rings. The molecule has 1 aromatic rings. The monoisotopic (exact) mass is 294 g/mol. The number of ether oxygens (including phenoxy) is 3. The molecule has 0 aromatic heterocycles. The average Bonchev–Trinajstić information content (AvgIpc) is 2.47. The number of hydrogen-bond donors (Lipinski definition) is 0. The number of hydrogen-bond acceptors (Lipinski definition) is 5. The van der Waals surface area contributed by atoms with Crippen LogP contribution in [0, 0.1) is 0 Å². The Morgan fingerprint density at radius 2 is 1.71 bits per heavy atom. The third-order valence-electron chi connectivity index (χ3n) is 2.78. The molecule has 0 saturated carbocycles. The van der Waals surface area contributed by atoms with Crippen LogP contribution in [-0.2, 0) is 20.7 Å². The predicted octanol–water partition coefficient (Wildman–Crippen LogP) is 2.76. The fraction of sp³-hybridized carbons (Fsp3) is 0.500. The Labute approximate surface area is 125 Å². The van der Waals surface area contributed by atoms with Gasteiger partial charge in [-0.2, -0.15) is 0 Å². The first-order chi connectivity index (χ1) is 10.1. The molecule has 0 aliphatic heterocycles. The van der Waals surface area contributed by atoms with Crippen LogP contribution in [0.4, 0.5) is 0 Å². The van der Waals surface area contributed by atoms with Crippen molar-refractivity contribution < 1.29 is 23.8 Å². The zero-order valence-corrected chi connectivity index (χ0v) is 12.8. The summed E-state index contributed by atoms with van der Waals surface area (Å²) in [7, 11) is 0. The molecule has 0 heterocycles. The van der Waals surface area contributed by atoms with E-state index in [-0.39, 0.29) is 12.4 Å². The van der Waals surface area contributed by atoms with Gasteiger partial charge in [-0.15, -0.1) is 0 Å². The van der Waals surface area contributed by atoms with Crippen LogP contribution >= 0.6 is 0 Å². The van der Waals surface area contributed by atoms with E-state index in [1.165, 1.54) is 0 Å². The van der Waals surface area contributed by atoms with Crippen molar-refractivity contribution in [3.63, 3.8) is 0 Å². The van der Waals surface area contributed by atoms with Gasteiger partial charge >= 0.3 is 11.9 Å². The van der Waals surface area contributed by atoms with Crippen LogP contribution < -0.4 is 4.74 Å². The predicted molar refractivity (Wildman–Crippen MR) is 78.5 cm³/mol. The molecule has 0 radical (unpaired) electrons. The fourth-order valence-electron chi connectivity index (χ4n) is 1.94. The van der Waals surface area contributed by atoms with Gasteiger partial charge in [-0.05, 0) is 38.8 Å². The first kappa shape index (κ1) is 17.0. The number of carbonyl (C=O) groups excluding carboxylic acids is 2. The normalized spacial score (nSPS) is 10.0. The minimum atomic E-state index is -0.418. The van der Waals surface area contributed by atoms with E-state index in [4.69, 9.17) is 14.2 Å². The van der Waals surface area contributed by atoms with E-state index in [0.717, 1.165) is 5.56 Å². The summed E-state index contributed by atoms with van der Waals surface area (Å²) in [6.07, 6.45) is 0.710. The van der Waals surface area contributed by atoms with Crippen molar-refractivity contribution in [3.8, 4) is 5.75 Å². The summed E-state index contributed by atoms with van der Waals surface area (Å²) in [4.78, 5) is 23.4. The molecule has 0 fully saturated rings. The molecule has 21 heavy (non-hydrogen) atoms. The second kappa shape index (κ2) is 9.00. The molecule has 0 bridgehead atoms. The van der Waals surface area contributed by atoms with Gasteiger partial charge in [-0.1, -0.05) is 12.1 Å². The van der Waals surface area contributed by atoms with Crippen molar-refractivity contribution in [1.29, 1.82) is 0 Å².